The zero-order valence-electron chi connectivity index (χ0n) is 10.7. The number of aromatic amines is 1. The maximum absolute atomic E-state index is 11.6. The van der Waals surface area contributed by atoms with Crippen molar-refractivity contribution in [3.63, 3.8) is 0 Å². The van der Waals surface area contributed by atoms with Gasteiger partial charge in [0, 0.05) is 6.08 Å². The summed E-state index contributed by atoms with van der Waals surface area (Å²) < 4.78 is 5.10. The number of carbonyl (C=O) groups excluding carboxylic acids is 1. The molecule has 0 bridgehead atoms. The van der Waals surface area contributed by atoms with Crippen LogP contribution in [0.4, 0.5) is 0 Å². The van der Waals surface area contributed by atoms with Crippen LogP contribution in [0.3, 0.4) is 0 Å². The summed E-state index contributed by atoms with van der Waals surface area (Å²) in [6.45, 7) is 0.357. The summed E-state index contributed by atoms with van der Waals surface area (Å²) in [7, 11) is 0. The Labute approximate surface area is 115 Å². The average Bonchev–Trinajstić information content (AvgIpc) is 3.11. The summed E-state index contributed by atoms with van der Waals surface area (Å²) in [5.41, 5.74) is 1.85. The van der Waals surface area contributed by atoms with E-state index in [1.165, 1.54) is 6.08 Å². The van der Waals surface area contributed by atoms with Crippen molar-refractivity contribution < 1.29 is 9.21 Å². The zero-order valence-corrected chi connectivity index (χ0v) is 10.7. The number of aromatic nitrogens is 2. The predicted octanol–water partition coefficient (Wildman–Crippen LogP) is 2.49. The molecule has 0 aliphatic heterocycles. The fraction of sp³-hybridized carbons (Fsp3) is 0.0667. The molecule has 1 amide bonds. The van der Waals surface area contributed by atoms with Gasteiger partial charge in [0.2, 0.25) is 5.91 Å². The van der Waals surface area contributed by atoms with Crippen molar-refractivity contribution in [2.75, 3.05) is 0 Å². The molecule has 0 radical (unpaired) electrons. The van der Waals surface area contributed by atoms with Crippen LogP contribution in [0.15, 0.2) is 53.2 Å². The maximum atomic E-state index is 11.6. The van der Waals surface area contributed by atoms with Crippen LogP contribution in [0.5, 0.6) is 0 Å². The monoisotopic (exact) mass is 267 g/mol. The van der Waals surface area contributed by atoms with E-state index in [-0.39, 0.29) is 5.91 Å². The van der Waals surface area contributed by atoms with E-state index >= 15 is 0 Å². The number of nitrogens with one attached hydrogen (secondary N) is 2. The molecular formula is C15H13N3O2. The number of imidazole rings is 1. The van der Waals surface area contributed by atoms with E-state index in [1.54, 1.807) is 24.5 Å². The van der Waals surface area contributed by atoms with Gasteiger partial charge < -0.3 is 14.7 Å². The van der Waals surface area contributed by atoms with Crippen molar-refractivity contribution in [3.8, 4) is 0 Å². The topological polar surface area (TPSA) is 70.9 Å². The van der Waals surface area contributed by atoms with E-state index in [0.29, 0.717) is 12.3 Å². The number of benzene rings is 1. The van der Waals surface area contributed by atoms with Gasteiger partial charge in [-0.25, -0.2) is 4.98 Å². The van der Waals surface area contributed by atoms with E-state index < -0.39 is 0 Å². The maximum Gasteiger partial charge on any atom is 0.244 e. The lowest BCUT2D eigenvalue weighted by molar-refractivity contribution is -0.116. The number of hydrogen-bond donors (Lipinski definition) is 2. The third-order valence-electron chi connectivity index (χ3n) is 2.81. The van der Waals surface area contributed by atoms with Gasteiger partial charge in [-0.2, -0.15) is 0 Å². The third-order valence-corrected chi connectivity index (χ3v) is 2.81. The van der Waals surface area contributed by atoms with Crippen LogP contribution in [0.1, 0.15) is 11.6 Å². The molecular weight excluding hydrogens is 254 g/mol. The van der Waals surface area contributed by atoms with Gasteiger partial charge in [-0.3, -0.25) is 4.79 Å². The number of hydrogen-bond acceptors (Lipinski definition) is 3. The molecule has 5 nitrogen and oxygen atoms in total. The minimum absolute atomic E-state index is 0.193. The SMILES string of the molecule is O=C(/C=C/c1ccco1)NCc1nc2ccccc2[nH]1. The highest BCUT2D eigenvalue weighted by molar-refractivity contribution is 5.91. The van der Waals surface area contributed by atoms with Gasteiger partial charge in [0.15, 0.2) is 0 Å². The molecule has 0 saturated carbocycles. The van der Waals surface area contributed by atoms with Crippen molar-refractivity contribution >= 4 is 23.0 Å². The highest BCUT2D eigenvalue weighted by Gasteiger charge is 2.03. The molecule has 0 spiro atoms. The number of H-pyrrole nitrogens is 1. The number of rotatable bonds is 4. The Morgan fingerprint density at radius 1 is 1.30 bits per heavy atom. The first-order valence-electron chi connectivity index (χ1n) is 6.24. The molecule has 0 aliphatic carbocycles. The second-order valence-corrected chi connectivity index (χ2v) is 4.27. The van der Waals surface area contributed by atoms with Crippen LogP contribution in [-0.2, 0) is 11.3 Å². The van der Waals surface area contributed by atoms with E-state index in [2.05, 4.69) is 15.3 Å². The molecule has 1 aromatic carbocycles. The van der Waals surface area contributed by atoms with Crippen molar-refractivity contribution in [1.82, 2.24) is 15.3 Å². The van der Waals surface area contributed by atoms with Crippen LogP contribution >= 0.6 is 0 Å². The predicted molar refractivity (Wildman–Crippen MR) is 75.7 cm³/mol. The first-order chi connectivity index (χ1) is 9.81. The number of furan rings is 1. The largest absolute Gasteiger partial charge is 0.465 e. The third kappa shape index (κ3) is 2.77. The fourth-order valence-corrected chi connectivity index (χ4v) is 1.86. The number of nitrogens with zero attached hydrogens (tertiary/aromatic N) is 1. The van der Waals surface area contributed by atoms with Crippen LogP contribution in [-0.4, -0.2) is 15.9 Å². The number of amides is 1. The first-order valence-corrected chi connectivity index (χ1v) is 6.24. The zero-order chi connectivity index (χ0) is 13.8. The quantitative estimate of drug-likeness (QED) is 0.713. The van der Waals surface area contributed by atoms with Crippen molar-refractivity contribution in [2.24, 2.45) is 0 Å². The molecule has 3 aromatic rings. The molecule has 20 heavy (non-hydrogen) atoms. The van der Waals surface area contributed by atoms with Gasteiger partial charge in [0.1, 0.15) is 11.6 Å². The van der Waals surface area contributed by atoms with E-state index in [4.69, 9.17) is 4.42 Å². The normalized spacial score (nSPS) is 11.2. The minimum atomic E-state index is -0.193. The average molecular weight is 267 g/mol. The van der Waals surface area contributed by atoms with Crippen LogP contribution in [0.2, 0.25) is 0 Å². The summed E-state index contributed by atoms with van der Waals surface area (Å²) in [5, 5.41) is 2.76. The van der Waals surface area contributed by atoms with Gasteiger partial charge >= 0.3 is 0 Å². The van der Waals surface area contributed by atoms with Gasteiger partial charge in [-0.1, -0.05) is 12.1 Å². The highest BCUT2D eigenvalue weighted by Crippen LogP contribution is 2.09. The number of fused-ring (bicyclic) bond motifs is 1. The Morgan fingerprint density at radius 2 is 2.20 bits per heavy atom. The Balaban J connectivity index is 1.60. The minimum Gasteiger partial charge on any atom is -0.465 e. The molecule has 0 atom stereocenters. The smallest absolute Gasteiger partial charge is 0.244 e. The molecule has 0 fully saturated rings. The van der Waals surface area contributed by atoms with E-state index in [1.807, 2.05) is 24.3 Å². The van der Waals surface area contributed by atoms with Crippen LogP contribution in [0, 0.1) is 0 Å². The second-order valence-electron chi connectivity index (χ2n) is 4.27. The Morgan fingerprint density at radius 3 is 3.00 bits per heavy atom. The summed E-state index contributed by atoms with van der Waals surface area (Å²) in [6, 6.07) is 11.3. The van der Waals surface area contributed by atoms with Crippen molar-refractivity contribution in [2.45, 2.75) is 6.54 Å². The Kier molecular flexibility index (Phi) is 3.33. The first kappa shape index (κ1) is 12.2. The molecule has 2 N–H and O–H groups in total. The molecule has 0 aliphatic rings. The fourth-order valence-electron chi connectivity index (χ4n) is 1.86. The summed E-state index contributed by atoms with van der Waals surface area (Å²) in [6.07, 6.45) is 4.61. The standard InChI is InChI=1S/C15H13N3O2/c19-15(8-7-11-4-3-9-20-11)16-10-14-17-12-5-1-2-6-13(12)18-14/h1-9H,10H2,(H,16,19)(H,17,18)/b8-7+. The Hall–Kier alpha value is -2.82. The lowest BCUT2D eigenvalue weighted by Gasteiger charge is -1.97. The van der Waals surface area contributed by atoms with Crippen molar-refractivity contribution in [3.05, 3.63) is 60.3 Å². The molecule has 2 heterocycles. The molecule has 5 heteroatoms. The lowest BCUT2D eigenvalue weighted by Crippen LogP contribution is -2.20. The molecule has 3 rings (SSSR count). The summed E-state index contributed by atoms with van der Waals surface area (Å²) in [5.74, 6) is 1.18. The van der Waals surface area contributed by atoms with E-state index in [0.717, 1.165) is 16.9 Å². The van der Waals surface area contributed by atoms with Gasteiger partial charge in [0.25, 0.3) is 0 Å². The summed E-state index contributed by atoms with van der Waals surface area (Å²) >= 11 is 0. The molecule has 100 valence electrons. The van der Waals surface area contributed by atoms with Crippen LogP contribution in [0.25, 0.3) is 17.1 Å². The van der Waals surface area contributed by atoms with Gasteiger partial charge in [0.05, 0.1) is 23.8 Å². The van der Waals surface area contributed by atoms with Crippen LogP contribution < -0.4 is 5.32 Å². The van der Waals surface area contributed by atoms with Gasteiger partial charge in [-0.15, -0.1) is 0 Å². The highest BCUT2D eigenvalue weighted by atomic mass is 16.3. The Bertz CT molecular complexity index is 708. The second kappa shape index (κ2) is 5.44. The van der Waals surface area contributed by atoms with Crippen molar-refractivity contribution in [1.29, 1.82) is 0 Å². The van der Waals surface area contributed by atoms with E-state index in [9.17, 15) is 4.79 Å². The molecule has 0 saturated heterocycles. The number of para-hydroxylation sites is 2. The van der Waals surface area contributed by atoms with Gasteiger partial charge in [-0.05, 0) is 30.3 Å². The molecule has 2 aromatic heterocycles. The number of carbonyl (C=O) groups is 1. The summed E-state index contributed by atoms with van der Waals surface area (Å²) in [4.78, 5) is 19.2. The lowest BCUT2D eigenvalue weighted by atomic mass is 10.3. The molecule has 0 unspecified atom stereocenters.